The van der Waals surface area contributed by atoms with E-state index >= 15 is 0 Å². The molecule has 0 spiro atoms. The molecule has 1 saturated heterocycles. The van der Waals surface area contributed by atoms with Crippen LogP contribution in [0.1, 0.15) is 46.0 Å². The van der Waals surface area contributed by atoms with Gasteiger partial charge in [0.05, 0.1) is 6.10 Å². The van der Waals surface area contributed by atoms with Gasteiger partial charge < -0.3 is 10.1 Å². The van der Waals surface area contributed by atoms with Gasteiger partial charge in [0.1, 0.15) is 0 Å². The number of ether oxygens (including phenoxy) is 1. The Morgan fingerprint density at radius 3 is 2.50 bits per heavy atom. The lowest BCUT2D eigenvalue weighted by atomic mass is 9.91. The van der Waals surface area contributed by atoms with Crippen molar-refractivity contribution < 1.29 is 4.74 Å². The van der Waals surface area contributed by atoms with Gasteiger partial charge in [0.25, 0.3) is 0 Å². The smallest absolute Gasteiger partial charge is 0.0728 e. The van der Waals surface area contributed by atoms with Gasteiger partial charge in [-0.1, -0.05) is 26.7 Å². The van der Waals surface area contributed by atoms with Gasteiger partial charge in [-0.05, 0) is 32.2 Å². The lowest BCUT2D eigenvalue weighted by molar-refractivity contribution is 0.0718. The van der Waals surface area contributed by atoms with E-state index in [0.717, 1.165) is 12.5 Å². The summed E-state index contributed by atoms with van der Waals surface area (Å²) >= 11 is 0. The molecule has 2 nitrogen and oxygen atoms in total. The van der Waals surface area contributed by atoms with Gasteiger partial charge in [-0.25, -0.2) is 0 Å². The highest BCUT2D eigenvalue weighted by atomic mass is 16.5. The van der Waals surface area contributed by atoms with Crippen LogP contribution in [0.4, 0.5) is 0 Å². The Morgan fingerprint density at radius 2 is 2.07 bits per heavy atom. The van der Waals surface area contributed by atoms with E-state index in [9.17, 15) is 0 Å². The molecule has 2 atom stereocenters. The highest BCUT2D eigenvalue weighted by Gasteiger charge is 2.26. The third kappa shape index (κ3) is 3.25. The molecule has 1 N–H and O–H groups in total. The van der Waals surface area contributed by atoms with Crippen LogP contribution in [0.3, 0.4) is 0 Å². The molecule has 0 saturated carbocycles. The lowest BCUT2D eigenvalue weighted by Gasteiger charge is -2.26. The minimum Gasteiger partial charge on any atom is -0.377 e. The van der Waals surface area contributed by atoms with E-state index in [1.165, 1.54) is 32.1 Å². The number of likely N-dealkylation sites (N-methyl/N-ethyl adjacent to an activating group) is 1. The van der Waals surface area contributed by atoms with E-state index in [1.54, 1.807) is 0 Å². The molecule has 0 radical (unpaired) electrons. The van der Waals surface area contributed by atoms with Crippen LogP contribution >= 0.6 is 0 Å². The number of nitrogens with one attached hydrogen (secondary N) is 1. The predicted molar refractivity (Wildman–Crippen MR) is 60.5 cm³/mol. The van der Waals surface area contributed by atoms with Crippen molar-refractivity contribution in [2.75, 3.05) is 13.7 Å². The average molecular weight is 199 g/mol. The van der Waals surface area contributed by atoms with Crippen molar-refractivity contribution in [1.82, 2.24) is 5.32 Å². The number of rotatable bonds is 6. The Labute approximate surface area is 88.4 Å². The molecule has 1 aliphatic heterocycles. The van der Waals surface area contributed by atoms with E-state index in [2.05, 4.69) is 26.2 Å². The molecule has 2 heteroatoms. The third-order valence-electron chi connectivity index (χ3n) is 3.53. The third-order valence-corrected chi connectivity index (χ3v) is 3.53. The summed E-state index contributed by atoms with van der Waals surface area (Å²) in [4.78, 5) is 0. The highest BCUT2D eigenvalue weighted by Crippen LogP contribution is 2.23. The predicted octanol–water partition coefficient (Wildman–Crippen LogP) is 2.58. The number of hydrogen-bond donors (Lipinski definition) is 1. The molecule has 14 heavy (non-hydrogen) atoms. The molecule has 0 aromatic carbocycles. The van der Waals surface area contributed by atoms with Crippen molar-refractivity contribution in [3.8, 4) is 0 Å². The van der Waals surface area contributed by atoms with E-state index in [0.29, 0.717) is 12.1 Å². The zero-order valence-electron chi connectivity index (χ0n) is 9.88. The van der Waals surface area contributed by atoms with Gasteiger partial charge in [-0.3, -0.25) is 0 Å². The molecule has 1 fully saturated rings. The first kappa shape index (κ1) is 12.0. The van der Waals surface area contributed by atoms with Gasteiger partial charge >= 0.3 is 0 Å². The topological polar surface area (TPSA) is 21.3 Å². The summed E-state index contributed by atoms with van der Waals surface area (Å²) in [6.07, 6.45) is 6.81. The van der Waals surface area contributed by atoms with E-state index < -0.39 is 0 Å². The second kappa shape index (κ2) is 6.41. The van der Waals surface area contributed by atoms with E-state index in [4.69, 9.17) is 4.74 Å². The Balaban J connectivity index is 2.36. The first-order valence-electron chi connectivity index (χ1n) is 6.10. The van der Waals surface area contributed by atoms with Crippen LogP contribution in [0.15, 0.2) is 0 Å². The molecule has 1 aliphatic rings. The number of hydrogen-bond acceptors (Lipinski definition) is 2. The fourth-order valence-corrected chi connectivity index (χ4v) is 2.36. The fraction of sp³-hybridized carbons (Fsp3) is 1.00. The van der Waals surface area contributed by atoms with Crippen LogP contribution in [0.2, 0.25) is 0 Å². The minimum atomic E-state index is 0.473. The largest absolute Gasteiger partial charge is 0.377 e. The molecular formula is C12H25NO. The Bertz CT molecular complexity index is 139. The van der Waals surface area contributed by atoms with Gasteiger partial charge in [0, 0.05) is 12.6 Å². The van der Waals surface area contributed by atoms with Crippen molar-refractivity contribution >= 4 is 0 Å². The molecular weight excluding hydrogens is 174 g/mol. The van der Waals surface area contributed by atoms with Crippen LogP contribution in [0.25, 0.3) is 0 Å². The summed E-state index contributed by atoms with van der Waals surface area (Å²) in [6, 6.07) is 0.572. The van der Waals surface area contributed by atoms with Crippen molar-refractivity contribution in [3.63, 3.8) is 0 Å². The Morgan fingerprint density at radius 1 is 1.36 bits per heavy atom. The molecule has 0 aliphatic carbocycles. The SMILES string of the molecule is CCC(CC)CC(NC)C1CCCO1. The van der Waals surface area contributed by atoms with E-state index in [-0.39, 0.29) is 0 Å². The van der Waals surface area contributed by atoms with Gasteiger partial charge in [-0.15, -0.1) is 0 Å². The first-order chi connectivity index (χ1) is 6.81. The zero-order chi connectivity index (χ0) is 10.4. The maximum atomic E-state index is 5.73. The summed E-state index contributed by atoms with van der Waals surface area (Å²) < 4.78 is 5.73. The highest BCUT2D eigenvalue weighted by molar-refractivity contribution is 4.81. The summed E-state index contributed by atoms with van der Waals surface area (Å²) in [5.74, 6) is 0.858. The normalized spacial score (nSPS) is 24.4. The van der Waals surface area contributed by atoms with Gasteiger partial charge in [0.2, 0.25) is 0 Å². The molecule has 0 aromatic heterocycles. The monoisotopic (exact) mass is 199 g/mol. The van der Waals surface area contributed by atoms with Crippen LogP contribution in [0, 0.1) is 5.92 Å². The quantitative estimate of drug-likeness (QED) is 0.710. The van der Waals surface area contributed by atoms with E-state index in [1.807, 2.05) is 0 Å². The zero-order valence-corrected chi connectivity index (χ0v) is 9.88. The maximum Gasteiger partial charge on any atom is 0.0728 e. The summed E-state index contributed by atoms with van der Waals surface area (Å²) in [6.45, 7) is 5.54. The van der Waals surface area contributed by atoms with Gasteiger partial charge in [-0.2, -0.15) is 0 Å². The minimum absolute atomic E-state index is 0.473. The van der Waals surface area contributed by atoms with Crippen molar-refractivity contribution in [2.45, 2.75) is 58.1 Å². The molecule has 84 valence electrons. The van der Waals surface area contributed by atoms with Crippen molar-refractivity contribution in [3.05, 3.63) is 0 Å². The summed E-state index contributed by atoms with van der Waals surface area (Å²) in [7, 11) is 2.06. The average Bonchev–Trinajstić information content (AvgIpc) is 2.73. The van der Waals surface area contributed by atoms with Crippen LogP contribution in [-0.2, 0) is 4.74 Å². The Kier molecular flexibility index (Phi) is 5.49. The van der Waals surface area contributed by atoms with Crippen molar-refractivity contribution in [2.24, 2.45) is 5.92 Å². The second-order valence-corrected chi connectivity index (χ2v) is 4.36. The first-order valence-corrected chi connectivity index (χ1v) is 6.10. The maximum absolute atomic E-state index is 5.73. The molecule has 1 rings (SSSR count). The van der Waals surface area contributed by atoms with Crippen LogP contribution in [0.5, 0.6) is 0 Å². The van der Waals surface area contributed by atoms with Crippen LogP contribution < -0.4 is 5.32 Å². The molecule has 0 bridgehead atoms. The second-order valence-electron chi connectivity index (χ2n) is 4.36. The Hall–Kier alpha value is -0.0800. The van der Waals surface area contributed by atoms with Gasteiger partial charge in [0.15, 0.2) is 0 Å². The molecule has 0 amide bonds. The van der Waals surface area contributed by atoms with Crippen LogP contribution in [-0.4, -0.2) is 25.8 Å². The molecule has 1 heterocycles. The standard InChI is InChI=1S/C12H25NO/c1-4-10(5-2)9-11(13-3)12-7-6-8-14-12/h10-13H,4-9H2,1-3H3. The lowest BCUT2D eigenvalue weighted by Crippen LogP contribution is -2.38. The molecule has 2 unspecified atom stereocenters. The van der Waals surface area contributed by atoms with Crippen molar-refractivity contribution in [1.29, 1.82) is 0 Å². The molecule has 0 aromatic rings. The summed E-state index contributed by atoms with van der Waals surface area (Å²) in [5, 5.41) is 3.42. The summed E-state index contributed by atoms with van der Waals surface area (Å²) in [5.41, 5.74) is 0. The fourth-order valence-electron chi connectivity index (χ4n) is 2.36.